The molecule has 0 aliphatic carbocycles. The zero-order chi connectivity index (χ0) is 12.5. The van der Waals surface area contributed by atoms with Gasteiger partial charge in [0.1, 0.15) is 12.4 Å². The average Bonchev–Trinajstić information content (AvgIpc) is 2.48. The van der Waals surface area contributed by atoms with Gasteiger partial charge in [-0.1, -0.05) is 18.2 Å². The lowest BCUT2D eigenvalue weighted by Gasteiger charge is -2.27. The quantitative estimate of drug-likeness (QED) is 0.793. The fraction of sp³-hybridized carbons (Fsp3) is 0.462. The second-order valence-corrected chi connectivity index (χ2v) is 4.90. The van der Waals surface area contributed by atoms with Crippen LogP contribution in [0, 0.1) is 0 Å². The Morgan fingerprint density at radius 3 is 2.82 bits per heavy atom. The predicted octanol–water partition coefficient (Wildman–Crippen LogP) is 1.14. The molecule has 1 heterocycles. The molecular weight excluding hydrogens is 216 g/mol. The van der Waals surface area contributed by atoms with Crippen LogP contribution in [-0.4, -0.2) is 29.5 Å². The fourth-order valence-corrected chi connectivity index (χ4v) is 1.91. The SMILES string of the molecule is CC(C)(N)C(=O)N1CCOc2ccccc2C1. The number of benzene rings is 1. The standard InChI is InChI=1S/C13H18N2O2/c1-13(2,14)12(16)15-7-8-17-11-6-4-3-5-10(11)9-15/h3-6H,7-9,14H2,1-2H3. The molecule has 0 atom stereocenters. The normalized spacial score (nSPS) is 15.8. The monoisotopic (exact) mass is 234 g/mol. The number of amides is 1. The van der Waals surface area contributed by atoms with Crippen LogP contribution < -0.4 is 10.5 Å². The molecule has 0 saturated heterocycles. The number of para-hydroxylation sites is 1. The minimum atomic E-state index is -0.834. The van der Waals surface area contributed by atoms with Gasteiger partial charge in [0.2, 0.25) is 5.91 Å². The van der Waals surface area contributed by atoms with Gasteiger partial charge in [0.05, 0.1) is 12.1 Å². The first-order valence-corrected chi connectivity index (χ1v) is 5.77. The van der Waals surface area contributed by atoms with E-state index in [1.54, 1.807) is 18.7 Å². The first-order valence-electron chi connectivity index (χ1n) is 5.77. The Labute approximate surface area is 101 Å². The Hall–Kier alpha value is -1.55. The molecule has 4 heteroatoms. The molecule has 2 rings (SSSR count). The largest absolute Gasteiger partial charge is 0.491 e. The molecule has 1 aromatic rings. The molecule has 1 aromatic carbocycles. The lowest BCUT2D eigenvalue weighted by atomic mass is 10.0. The second kappa shape index (κ2) is 4.37. The Bertz CT molecular complexity index is 424. The van der Waals surface area contributed by atoms with Gasteiger partial charge in [-0.05, 0) is 19.9 Å². The van der Waals surface area contributed by atoms with Gasteiger partial charge in [-0.15, -0.1) is 0 Å². The number of rotatable bonds is 1. The number of fused-ring (bicyclic) bond motifs is 1. The molecule has 17 heavy (non-hydrogen) atoms. The summed E-state index contributed by atoms with van der Waals surface area (Å²) in [6, 6.07) is 7.79. The lowest BCUT2D eigenvalue weighted by Crippen LogP contribution is -2.51. The van der Waals surface area contributed by atoms with Crippen molar-refractivity contribution in [3.05, 3.63) is 29.8 Å². The van der Waals surface area contributed by atoms with E-state index < -0.39 is 5.54 Å². The molecule has 0 saturated carbocycles. The van der Waals surface area contributed by atoms with Gasteiger partial charge in [0, 0.05) is 12.1 Å². The number of carbonyl (C=O) groups excluding carboxylic acids is 1. The molecule has 0 aromatic heterocycles. The Kier molecular flexibility index (Phi) is 3.07. The summed E-state index contributed by atoms with van der Waals surface area (Å²) in [4.78, 5) is 13.9. The summed E-state index contributed by atoms with van der Waals surface area (Å²) in [5, 5.41) is 0. The molecule has 0 spiro atoms. The second-order valence-electron chi connectivity index (χ2n) is 4.90. The van der Waals surface area contributed by atoms with E-state index in [-0.39, 0.29) is 5.91 Å². The van der Waals surface area contributed by atoms with Crippen LogP contribution in [0.3, 0.4) is 0 Å². The maximum Gasteiger partial charge on any atom is 0.242 e. The summed E-state index contributed by atoms with van der Waals surface area (Å²) in [5.41, 5.74) is 6.04. The van der Waals surface area contributed by atoms with Crippen LogP contribution >= 0.6 is 0 Å². The van der Waals surface area contributed by atoms with Crippen LogP contribution in [0.25, 0.3) is 0 Å². The van der Waals surface area contributed by atoms with E-state index in [2.05, 4.69) is 0 Å². The number of nitrogens with zero attached hydrogens (tertiary/aromatic N) is 1. The van der Waals surface area contributed by atoms with Crippen LogP contribution in [0.5, 0.6) is 5.75 Å². The molecule has 2 N–H and O–H groups in total. The van der Waals surface area contributed by atoms with Gasteiger partial charge in [0.25, 0.3) is 0 Å². The van der Waals surface area contributed by atoms with Gasteiger partial charge >= 0.3 is 0 Å². The van der Waals surface area contributed by atoms with Gasteiger partial charge in [0.15, 0.2) is 0 Å². The first-order chi connectivity index (χ1) is 7.98. The van der Waals surface area contributed by atoms with Gasteiger partial charge in [-0.25, -0.2) is 0 Å². The summed E-state index contributed by atoms with van der Waals surface area (Å²) in [6.45, 7) is 5.11. The average molecular weight is 234 g/mol. The van der Waals surface area contributed by atoms with E-state index in [0.29, 0.717) is 19.7 Å². The van der Waals surface area contributed by atoms with Crippen LogP contribution in [0.4, 0.5) is 0 Å². The third-order valence-electron chi connectivity index (χ3n) is 2.79. The number of nitrogens with two attached hydrogens (primary N) is 1. The molecule has 1 amide bonds. The van der Waals surface area contributed by atoms with Crippen molar-refractivity contribution < 1.29 is 9.53 Å². The molecule has 92 valence electrons. The van der Waals surface area contributed by atoms with Crippen LogP contribution in [-0.2, 0) is 11.3 Å². The zero-order valence-electron chi connectivity index (χ0n) is 10.3. The molecule has 1 aliphatic rings. The zero-order valence-corrected chi connectivity index (χ0v) is 10.3. The maximum absolute atomic E-state index is 12.1. The Balaban J connectivity index is 2.22. The molecule has 0 radical (unpaired) electrons. The van der Waals surface area contributed by atoms with E-state index in [9.17, 15) is 4.79 Å². The topological polar surface area (TPSA) is 55.6 Å². The highest BCUT2D eigenvalue weighted by Gasteiger charge is 2.29. The number of ether oxygens (including phenoxy) is 1. The highest BCUT2D eigenvalue weighted by molar-refractivity contribution is 5.85. The molecule has 4 nitrogen and oxygen atoms in total. The van der Waals surface area contributed by atoms with Gasteiger partial charge < -0.3 is 15.4 Å². The van der Waals surface area contributed by atoms with Crippen molar-refractivity contribution >= 4 is 5.91 Å². The highest BCUT2D eigenvalue weighted by Crippen LogP contribution is 2.23. The predicted molar refractivity (Wildman–Crippen MR) is 65.6 cm³/mol. The van der Waals surface area contributed by atoms with E-state index in [0.717, 1.165) is 11.3 Å². The first kappa shape index (κ1) is 11.9. The van der Waals surface area contributed by atoms with Crippen molar-refractivity contribution in [2.24, 2.45) is 5.73 Å². The summed E-state index contributed by atoms with van der Waals surface area (Å²) < 4.78 is 5.61. The van der Waals surface area contributed by atoms with Crippen molar-refractivity contribution in [1.29, 1.82) is 0 Å². The van der Waals surface area contributed by atoms with Crippen molar-refractivity contribution in [2.75, 3.05) is 13.2 Å². The fourth-order valence-electron chi connectivity index (χ4n) is 1.91. The lowest BCUT2D eigenvalue weighted by molar-refractivity contribution is -0.136. The third-order valence-corrected chi connectivity index (χ3v) is 2.79. The van der Waals surface area contributed by atoms with Gasteiger partial charge in [-0.3, -0.25) is 4.79 Å². The maximum atomic E-state index is 12.1. The molecule has 0 bridgehead atoms. The third kappa shape index (κ3) is 2.58. The van der Waals surface area contributed by atoms with Crippen LogP contribution in [0.2, 0.25) is 0 Å². The minimum Gasteiger partial charge on any atom is -0.491 e. The summed E-state index contributed by atoms with van der Waals surface area (Å²) in [7, 11) is 0. The van der Waals surface area contributed by atoms with E-state index in [1.165, 1.54) is 0 Å². The molecular formula is C13H18N2O2. The molecule has 0 fully saturated rings. The van der Waals surface area contributed by atoms with Gasteiger partial charge in [-0.2, -0.15) is 0 Å². The Morgan fingerprint density at radius 1 is 1.41 bits per heavy atom. The number of carbonyl (C=O) groups is 1. The van der Waals surface area contributed by atoms with Crippen molar-refractivity contribution in [3.63, 3.8) is 0 Å². The molecule has 0 unspecified atom stereocenters. The van der Waals surface area contributed by atoms with Crippen molar-refractivity contribution in [1.82, 2.24) is 4.90 Å². The summed E-state index contributed by atoms with van der Waals surface area (Å²) >= 11 is 0. The van der Waals surface area contributed by atoms with Crippen molar-refractivity contribution in [2.45, 2.75) is 25.9 Å². The smallest absolute Gasteiger partial charge is 0.242 e. The Morgan fingerprint density at radius 2 is 2.12 bits per heavy atom. The van der Waals surface area contributed by atoms with E-state index in [1.807, 2.05) is 24.3 Å². The number of hydrogen-bond acceptors (Lipinski definition) is 3. The summed E-state index contributed by atoms with van der Waals surface area (Å²) in [6.07, 6.45) is 0. The van der Waals surface area contributed by atoms with Crippen LogP contribution in [0.15, 0.2) is 24.3 Å². The molecule has 1 aliphatic heterocycles. The summed E-state index contributed by atoms with van der Waals surface area (Å²) in [5.74, 6) is 0.815. The van der Waals surface area contributed by atoms with E-state index in [4.69, 9.17) is 10.5 Å². The number of hydrogen-bond donors (Lipinski definition) is 1. The van der Waals surface area contributed by atoms with Crippen LogP contribution in [0.1, 0.15) is 19.4 Å². The van der Waals surface area contributed by atoms with Crippen molar-refractivity contribution in [3.8, 4) is 5.75 Å². The highest BCUT2D eigenvalue weighted by atomic mass is 16.5. The van der Waals surface area contributed by atoms with E-state index >= 15 is 0 Å². The minimum absolute atomic E-state index is 0.0437.